The third-order valence-corrected chi connectivity index (χ3v) is 1.90. The largest absolute Gasteiger partial charge is 0.330 e. The van der Waals surface area contributed by atoms with Crippen LogP contribution in [0.4, 0.5) is 0 Å². The molecule has 0 amide bonds. The Bertz CT molecular complexity index is 220. The highest BCUT2D eigenvalue weighted by atomic mass is 35.5. The zero-order chi connectivity index (χ0) is 8.27. The third kappa shape index (κ3) is 2.17. The summed E-state index contributed by atoms with van der Waals surface area (Å²) < 4.78 is 0. The first-order chi connectivity index (χ1) is 5.24. The molecule has 11 heavy (non-hydrogen) atoms. The molecule has 1 aromatic rings. The molecule has 1 unspecified atom stereocenters. The quantitative estimate of drug-likeness (QED) is 0.688. The fourth-order valence-corrected chi connectivity index (χ4v) is 0.927. The van der Waals surface area contributed by atoms with Crippen LogP contribution in [0, 0.1) is 0 Å². The van der Waals surface area contributed by atoms with Crippen LogP contribution in [0.2, 0.25) is 5.15 Å². The van der Waals surface area contributed by atoms with E-state index in [1.54, 1.807) is 12.3 Å². The summed E-state index contributed by atoms with van der Waals surface area (Å²) >= 11 is 5.62. The van der Waals surface area contributed by atoms with Crippen LogP contribution >= 0.6 is 11.6 Å². The summed E-state index contributed by atoms with van der Waals surface area (Å²) in [6.45, 7) is 2.70. The third-order valence-electron chi connectivity index (χ3n) is 1.67. The van der Waals surface area contributed by atoms with Crippen LogP contribution in [0.1, 0.15) is 18.4 Å². The molecule has 1 aromatic heterocycles. The van der Waals surface area contributed by atoms with Gasteiger partial charge in [0.25, 0.3) is 0 Å². The number of pyridine rings is 1. The van der Waals surface area contributed by atoms with Gasteiger partial charge in [-0.1, -0.05) is 24.6 Å². The van der Waals surface area contributed by atoms with Crippen molar-refractivity contribution >= 4 is 11.6 Å². The van der Waals surface area contributed by atoms with Crippen molar-refractivity contribution in [1.82, 2.24) is 4.98 Å². The lowest BCUT2D eigenvalue weighted by Crippen LogP contribution is -2.08. The summed E-state index contributed by atoms with van der Waals surface area (Å²) in [5.74, 6) is 0.361. The Labute approximate surface area is 71.4 Å². The zero-order valence-electron chi connectivity index (χ0n) is 6.42. The Morgan fingerprint density at radius 2 is 2.36 bits per heavy atom. The van der Waals surface area contributed by atoms with Gasteiger partial charge < -0.3 is 5.73 Å². The van der Waals surface area contributed by atoms with Crippen molar-refractivity contribution in [3.63, 3.8) is 0 Å². The van der Waals surface area contributed by atoms with Crippen molar-refractivity contribution in [2.24, 2.45) is 5.73 Å². The fourth-order valence-electron chi connectivity index (χ4n) is 0.815. The van der Waals surface area contributed by atoms with E-state index in [0.717, 1.165) is 5.56 Å². The first-order valence-corrected chi connectivity index (χ1v) is 3.93. The average molecular weight is 171 g/mol. The standard InChI is InChI=1S/C8H11ClN2/c1-6(4-10)7-2-3-8(9)11-5-7/h2-3,5-6H,4,10H2,1H3. The Hall–Kier alpha value is -0.600. The van der Waals surface area contributed by atoms with Crippen LogP contribution in [0.15, 0.2) is 18.3 Å². The highest BCUT2D eigenvalue weighted by Gasteiger charge is 2.01. The van der Waals surface area contributed by atoms with Crippen molar-refractivity contribution in [2.75, 3.05) is 6.54 Å². The summed E-state index contributed by atoms with van der Waals surface area (Å²) in [5, 5.41) is 0.526. The van der Waals surface area contributed by atoms with Gasteiger partial charge in [0.1, 0.15) is 5.15 Å². The maximum Gasteiger partial charge on any atom is 0.129 e. The monoisotopic (exact) mass is 170 g/mol. The van der Waals surface area contributed by atoms with Gasteiger partial charge >= 0.3 is 0 Å². The van der Waals surface area contributed by atoms with Gasteiger partial charge in [-0.25, -0.2) is 4.98 Å². The first-order valence-electron chi connectivity index (χ1n) is 3.55. The van der Waals surface area contributed by atoms with E-state index >= 15 is 0 Å². The maximum absolute atomic E-state index is 5.62. The van der Waals surface area contributed by atoms with Gasteiger partial charge in [0, 0.05) is 6.20 Å². The number of rotatable bonds is 2. The lowest BCUT2D eigenvalue weighted by molar-refractivity contribution is 0.769. The summed E-state index contributed by atoms with van der Waals surface area (Å²) in [7, 11) is 0. The van der Waals surface area contributed by atoms with Crippen LogP contribution in [-0.2, 0) is 0 Å². The molecule has 0 aliphatic carbocycles. The number of nitrogens with two attached hydrogens (primary N) is 1. The van der Waals surface area contributed by atoms with E-state index in [4.69, 9.17) is 17.3 Å². The molecule has 0 saturated heterocycles. The predicted molar refractivity (Wildman–Crippen MR) is 46.7 cm³/mol. The SMILES string of the molecule is CC(CN)c1ccc(Cl)nc1. The van der Waals surface area contributed by atoms with E-state index in [0.29, 0.717) is 17.6 Å². The molecule has 1 heterocycles. The molecule has 3 heteroatoms. The van der Waals surface area contributed by atoms with E-state index in [1.807, 2.05) is 6.07 Å². The van der Waals surface area contributed by atoms with E-state index in [2.05, 4.69) is 11.9 Å². The van der Waals surface area contributed by atoms with Crippen molar-refractivity contribution in [2.45, 2.75) is 12.8 Å². The van der Waals surface area contributed by atoms with Gasteiger partial charge in [-0.2, -0.15) is 0 Å². The second-order valence-electron chi connectivity index (χ2n) is 2.55. The second-order valence-corrected chi connectivity index (χ2v) is 2.94. The van der Waals surface area contributed by atoms with E-state index < -0.39 is 0 Å². The van der Waals surface area contributed by atoms with Crippen molar-refractivity contribution in [1.29, 1.82) is 0 Å². The predicted octanol–water partition coefficient (Wildman–Crippen LogP) is 1.80. The van der Waals surface area contributed by atoms with Gasteiger partial charge in [0.2, 0.25) is 0 Å². The minimum absolute atomic E-state index is 0.361. The van der Waals surface area contributed by atoms with Crippen LogP contribution in [0.25, 0.3) is 0 Å². The summed E-state index contributed by atoms with van der Waals surface area (Å²) in [5.41, 5.74) is 6.62. The molecule has 0 radical (unpaired) electrons. The van der Waals surface area contributed by atoms with Gasteiger partial charge in [0.05, 0.1) is 0 Å². The van der Waals surface area contributed by atoms with Crippen LogP contribution in [-0.4, -0.2) is 11.5 Å². The molecule has 0 spiro atoms. The highest BCUT2D eigenvalue weighted by Crippen LogP contribution is 2.13. The first kappa shape index (κ1) is 8.50. The minimum Gasteiger partial charge on any atom is -0.330 e. The second kappa shape index (κ2) is 3.69. The summed E-state index contributed by atoms with van der Waals surface area (Å²) in [6.07, 6.45) is 1.76. The number of nitrogens with zero attached hydrogens (tertiary/aromatic N) is 1. The molecule has 60 valence electrons. The Kier molecular flexibility index (Phi) is 2.85. The Morgan fingerprint density at radius 1 is 1.64 bits per heavy atom. The van der Waals surface area contributed by atoms with Crippen LogP contribution in [0.3, 0.4) is 0 Å². The van der Waals surface area contributed by atoms with Gasteiger partial charge in [-0.05, 0) is 24.1 Å². The molecule has 0 bridgehead atoms. The van der Waals surface area contributed by atoms with Crippen LogP contribution in [0.5, 0.6) is 0 Å². The number of hydrogen-bond donors (Lipinski definition) is 1. The molecule has 2 nitrogen and oxygen atoms in total. The number of hydrogen-bond acceptors (Lipinski definition) is 2. The smallest absolute Gasteiger partial charge is 0.129 e. The summed E-state index contributed by atoms with van der Waals surface area (Å²) in [4.78, 5) is 3.96. The number of halogens is 1. The van der Waals surface area contributed by atoms with Crippen LogP contribution < -0.4 is 5.73 Å². The van der Waals surface area contributed by atoms with E-state index in [-0.39, 0.29) is 0 Å². The van der Waals surface area contributed by atoms with E-state index in [1.165, 1.54) is 0 Å². The highest BCUT2D eigenvalue weighted by molar-refractivity contribution is 6.29. The van der Waals surface area contributed by atoms with Crippen molar-refractivity contribution in [3.05, 3.63) is 29.0 Å². The molecule has 0 saturated carbocycles. The average Bonchev–Trinajstić information content (AvgIpc) is 2.05. The van der Waals surface area contributed by atoms with Crippen molar-refractivity contribution < 1.29 is 0 Å². The molecular formula is C8H11ClN2. The topological polar surface area (TPSA) is 38.9 Å². The molecule has 0 fully saturated rings. The molecule has 2 N–H and O–H groups in total. The van der Waals surface area contributed by atoms with Crippen molar-refractivity contribution in [3.8, 4) is 0 Å². The Morgan fingerprint density at radius 3 is 2.82 bits per heavy atom. The molecule has 0 aliphatic heterocycles. The fraction of sp³-hybridized carbons (Fsp3) is 0.375. The molecule has 1 rings (SSSR count). The van der Waals surface area contributed by atoms with Gasteiger partial charge in [-0.3, -0.25) is 0 Å². The zero-order valence-corrected chi connectivity index (χ0v) is 7.17. The lowest BCUT2D eigenvalue weighted by Gasteiger charge is -2.06. The lowest BCUT2D eigenvalue weighted by atomic mass is 10.0. The normalized spacial score (nSPS) is 13.0. The van der Waals surface area contributed by atoms with Gasteiger partial charge in [-0.15, -0.1) is 0 Å². The molecule has 0 aliphatic rings. The summed E-state index contributed by atoms with van der Waals surface area (Å²) in [6, 6.07) is 3.73. The minimum atomic E-state index is 0.361. The number of aromatic nitrogens is 1. The molecule has 1 atom stereocenters. The van der Waals surface area contributed by atoms with E-state index in [9.17, 15) is 0 Å². The van der Waals surface area contributed by atoms with Gasteiger partial charge in [0.15, 0.2) is 0 Å². The molecule has 0 aromatic carbocycles. The maximum atomic E-state index is 5.62. The Balaban J connectivity index is 2.81. The molecular weight excluding hydrogens is 160 g/mol.